The standard InChI is InChI=1S/C19H23N5O2.C9H12N4.C8H12N2O/c1-4-10-26-18-16-17(24(12-20-16)13(2)3)22-19(23-18)21-15(25)11-14-8-6-5-7-9-14;1-6(2)13-5-12-8-7(3)10-4-11-9(8)13;1-6(2)10-5-4-7(3)9-8(10)11/h5-9,12-13H,4,10-11H2,1-3H3,(H,21,22,23,25);4-6H,3H2,1-2H3,(H,10,11);4-6H,3H2,1-2H3,(H,9,11). The molecule has 3 amide bonds. The number of benzene rings is 1. The second-order valence-corrected chi connectivity index (χ2v) is 12.4. The van der Waals surface area contributed by atoms with E-state index in [0.29, 0.717) is 35.4 Å². The zero-order chi connectivity index (χ0) is 36.4. The number of hydrogen-bond donors (Lipinski definition) is 3. The van der Waals surface area contributed by atoms with Gasteiger partial charge in [-0.05, 0) is 59.6 Å². The Morgan fingerprint density at radius 2 is 1.66 bits per heavy atom. The SMILES string of the molecule is C=C1C=CN(C(C)C)C(=O)N1.C=C1NC=Nc2c1ncn2C(C)C.CCCOc1nc(NC(=O)Cc2ccccc2)nc2c1ncn2C(C)C. The summed E-state index contributed by atoms with van der Waals surface area (Å²) in [5, 5.41) is 8.32. The lowest BCUT2D eigenvalue weighted by atomic mass is 10.1. The zero-order valence-corrected chi connectivity index (χ0v) is 29.8. The van der Waals surface area contributed by atoms with Crippen LogP contribution >= 0.6 is 0 Å². The highest BCUT2D eigenvalue weighted by Gasteiger charge is 2.19. The number of imidazole rings is 2. The number of nitrogens with one attached hydrogen (secondary N) is 3. The summed E-state index contributed by atoms with van der Waals surface area (Å²) in [6.07, 6.45) is 9.80. The van der Waals surface area contributed by atoms with E-state index in [-0.39, 0.29) is 36.4 Å². The van der Waals surface area contributed by atoms with Crippen LogP contribution in [-0.2, 0) is 11.2 Å². The van der Waals surface area contributed by atoms with Gasteiger partial charge in [-0.1, -0.05) is 50.4 Å². The van der Waals surface area contributed by atoms with E-state index in [1.807, 2.05) is 74.1 Å². The lowest BCUT2D eigenvalue weighted by molar-refractivity contribution is -0.115. The number of hydrogen-bond acceptors (Lipinski definition) is 9. The van der Waals surface area contributed by atoms with E-state index in [2.05, 4.69) is 67.9 Å². The highest BCUT2D eigenvalue weighted by Crippen LogP contribution is 2.28. The molecule has 50 heavy (non-hydrogen) atoms. The van der Waals surface area contributed by atoms with E-state index < -0.39 is 0 Å². The van der Waals surface area contributed by atoms with Gasteiger partial charge in [0.15, 0.2) is 17.0 Å². The quantitative estimate of drug-likeness (QED) is 0.180. The fourth-order valence-electron chi connectivity index (χ4n) is 4.78. The topological polar surface area (TPSA) is 156 Å². The maximum atomic E-state index is 12.3. The Morgan fingerprint density at radius 3 is 2.30 bits per heavy atom. The van der Waals surface area contributed by atoms with Gasteiger partial charge in [-0.25, -0.2) is 19.8 Å². The van der Waals surface area contributed by atoms with Crippen LogP contribution in [0.25, 0.3) is 16.9 Å². The van der Waals surface area contributed by atoms with Crippen LogP contribution in [0.2, 0.25) is 0 Å². The molecule has 0 spiro atoms. The van der Waals surface area contributed by atoms with Gasteiger partial charge in [-0.15, -0.1) is 0 Å². The third-order valence-electron chi connectivity index (χ3n) is 7.38. The lowest BCUT2D eigenvalue weighted by Gasteiger charge is -2.26. The smallest absolute Gasteiger partial charge is 0.326 e. The van der Waals surface area contributed by atoms with E-state index in [1.165, 1.54) is 0 Å². The summed E-state index contributed by atoms with van der Waals surface area (Å²) in [5.41, 5.74) is 4.48. The van der Waals surface area contributed by atoms with Crippen molar-refractivity contribution in [2.45, 2.75) is 79.4 Å². The van der Waals surface area contributed by atoms with Crippen molar-refractivity contribution in [3.8, 4) is 5.88 Å². The molecule has 3 aromatic heterocycles. The first kappa shape index (κ1) is 37.0. The summed E-state index contributed by atoms with van der Waals surface area (Å²) < 4.78 is 9.68. The number of anilines is 1. The summed E-state index contributed by atoms with van der Waals surface area (Å²) in [4.78, 5) is 46.8. The number of nitrogens with zero attached hydrogens (tertiary/aromatic N) is 8. The van der Waals surface area contributed by atoms with Crippen molar-refractivity contribution < 1.29 is 14.3 Å². The molecule has 1 aromatic carbocycles. The van der Waals surface area contributed by atoms with E-state index in [9.17, 15) is 9.59 Å². The molecule has 0 aliphatic carbocycles. The molecule has 2 aliphatic heterocycles. The third-order valence-corrected chi connectivity index (χ3v) is 7.38. The van der Waals surface area contributed by atoms with Gasteiger partial charge in [0.05, 0.1) is 37.7 Å². The zero-order valence-electron chi connectivity index (χ0n) is 29.8. The minimum absolute atomic E-state index is 0.104. The molecule has 14 heteroatoms. The molecule has 4 aromatic rings. The molecule has 14 nitrogen and oxygen atoms in total. The molecule has 6 rings (SSSR count). The highest BCUT2D eigenvalue weighted by molar-refractivity contribution is 5.92. The number of aromatic nitrogens is 6. The van der Waals surface area contributed by atoms with Crippen molar-refractivity contribution in [1.29, 1.82) is 0 Å². The van der Waals surface area contributed by atoms with Gasteiger partial charge >= 0.3 is 6.03 Å². The molecule has 3 N–H and O–H groups in total. The predicted octanol–water partition coefficient (Wildman–Crippen LogP) is 6.52. The highest BCUT2D eigenvalue weighted by atomic mass is 16.5. The van der Waals surface area contributed by atoms with E-state index >= 15 is 0 Å². The Morgan fingerprint density at radius 1 is 0.960 bits per heavy atom. The first-order chi connectivity index (χ1) is 23.9. The molecule has 5 heterocycles. The Kier molecular flexibility index (Phi) is 12.6. The van der Waals surface area contributed by atoms with Crippen molar-refractivity contribution in [3.05, 3.63) is 85.4 Å². The van der Waals surface area contributed by atoms with Gasteiger partial charge in [-0.3, -0.25) is 15.0 Å². The van der Waals surface area contributed by atoms with E-state index in [4.69, 9.17) is 4.74 Å². The fourth-order valence-corrected chi connectivity index (χ4v) is 4.78. The third kappa shape index (κ3) is 9.43. The molecule has 2 aliphatic rings. The number of urea groups is 1. The molecule has 0 atom stereocenters. The van der Waals surface area contributed by atoms with Gasteiger partial charge in [0.25, 0.3) is 0 Å². The van der Waals surface area contributed by atoms with Crippen LogP contribution in [0, 0.1) is 0 Å². The number of aliphatic imine (C=N–C) groups is 1. The second kappa shape index (κ2) is 17.0. The number of carbonyl (C=O) groups is 2. The Hall–Kier alpha value is -5.79. The maximum Gasteiger partial charge on any atom is 0.326 e. The van der Waals surface area contributed by atoms with Crippen LogP contribution in [0.1, 0.15) is 78.2 Å². The monoisotopic (exact) mass is 681 g/mol. The Bertz CT molecular complexity index is 1870. The molecule has 0 saturated heterocycles. The second-order valence-electron chi connectivity index (χ2n) is 12.4. The van der Waals surface area contributed by atoms with Crippen LogP contribution in [0.3, 0.4) is 0 Å². The molecule has 264 valence electrons. The van der Waals surface area contributed by atoms with Gasteiger partial charge < -0.3 is 24.5 Å². The van der Waals surface area contributed by atoms with Crippen LogP contribution in [0.4, 0.5) is 16.6 Å². The summed E-state index contributed by atoms with van der Waals surface area (Å²) in [5.74, 6) is 1.34. The van der Waals surface area contributed by atoms with Crippen molar-refractivity contribution in [2.24, 2.45) is 4.99 Å². The van der Waals surface area contributed by atoms with E-state index in [1.54, 1.807) is 36.2 Å². The Labute approximate surface area is 293 Å². The van der Waals surface area contributed by atoms with Gasteiger partial charge in [0.2, 0.25) is 17.7 Å². The summed E-state index contributed by atoms with van der Waals surface area (Å²) in [6, 6.07) is 10.2. The number of ether oxygens (including phenoxy) is 1. The molecular weight excluding hydrogens is 634 g/mol. The summed E-state index contributed by atoms with van der Waals surface area (Å²) in [6.45, 7) is 22.2. The Balaban J connectivity index is 0.000000194. The summed E-state index contributed by atoms with van der Waals surface area (Å²) in [7, 11) is 0. The number of fused-ring (bicyclic) bond motifs is 2. The number of rotatable bonds is 9. The molecule has 0 fully saturated rings. The molecular formula is C36H47N11O3. The minimum Gasteiger partial charge on any atom is -0.476 e. The minimum atomic E-state index is -0.174. The number of allylic oxidation sites excluding steroid dienone is 1. The fraction of sp³-hybridized carbons (Fsp3) is 0.361. The lowest BCUT2D eigenvalue weighted by Crippen LogP contribution is -2.42. The van der Waals surface area contributed by atoms with Crippen LogP contribution < -0.4 is 20.7 Å². The van der Waals surface area contributed by atoms with Crippen molar-refractivity contribution in [2.75, 3.05) is 11.9 Å². The van der Waals surface area contributed by atoms with Crippen LogP contribution in [0.5, 0.6) is 5.88 Å². The molecule has 0 radical (unpaired) electrons. The normalized spacial score (nSPS) is 13.4. The van der Waals surface area contributed by atoms with Crippen molar-refractivity contribution >= 4 is 46.9 Å². The number of amides is 3. The largest absolute Gasteiger partial charge is 0.476 e. The molecule has 0 unspecified atom stereocenters. The summed E-state index contributed by atoms with van der Waals surface area (Å²) >= 11 is 0. The van der Waals surface area contributed by atoms with Crippen LogP contribution in [0.15, 0.2) is 79.1 Å². The van der Waals surface area contributed by atoms with Crippen molar-refractivity contribution in [1.82, 2.24) is 44.6 Å². The number of carbonyl (C=O) groups excluding carboxylic acids is 2. The first-order valence-electron chi connectivity index (χ1n) is 16.6. The van der Waals surface area contributed by atoms with Crippen LogP contribution in [-0.4, -0.2) is 64.9 Å². The predicted molar refractivity (Wildman–Crippen MR) is 197 cm³/mol. The van der Waals surface area contributed by atoms with Gasteiger partial charge in [0.1, 0.15) is 5.69 Å². The van der Waals surface area contributed by atoms with Crippen molar-refractivity contribution in [3.63, 3.8) is 0 Å². The van der Waals surface area contributed by atoms with E-state index in [0.717, 1.165) is 29.2 Å². The average Bonchev–Trinajstić information content (AvgIpc) is 3.71. The molecule has 0 saturated carbocycles. The first-order valence-corrected chi connectivity index (χ1v) is 16.6. The van der Waals surface area contributed by atoms with Gasteiger partial charge in [0, 0.05) is 30.0 Å². The average molecular weight is 682 g/mol. The molecule has 0 bridgehead atoms. The maximum absolute atomic E-state index is 12.3. The van der Waals surface area contributed by atoms with Gasteiger partial charge in [-0.2, -0.15) is 9.97 Å².